The summed E-state index contributed by atoms with van der Waals surface area (Å²) in [5, 5.41) is 3.59. The molecule has 1 atom stereocenters. The number of carbonyl (C=O) groups is 1. The first kappa shape index (κ1) is 23.9. The zero-order chi connectivity index (χ0) is 22.8. The van der Waals surface area contributed by atoms with Crippen LogP contribution in [0.1, 0.15) is 50.7 Å². The highest BCUT2D eigenvalue weighted by Gasteiger charge is 2.07. The fourth-order valence-corrected chi connectivity index (χ4v) is 3.89. The highest BCUT2D eigenvalue weighted by atomic mass is 32.1. The van der Waals surface area contributed by atoms with Crippen molar-refractivity contribution >= 4 is 29.0 Å². The van der Waals surface area contributed by atoms with E-state index in [1.165, 1.54) is 0 Å². The van der Waals surface area contributed by atoms with Gasteiger partial charge in [0.15, 0.2) is 4.77 Å². The number of nitrogens with one attached hydrogen (secondary N) is 2. The summed E-state index contributed by atoms with van der Waals surface area (Å²) in [5.41, 5.74) is 1.85. The minimum absolute atomic E-state index is 0.0512. The average Bonchev–Trinajstić information content (AvgIpc) is 2.81. The molecule has 0 bridgehead atoms. The van der Waals surface area contributed by atoms with Crippen molar-refractivity contribution in [3.05, 3.63) is 75.3 Å². The second-order valence-corrected chi connectivity index (χ2v) is 8.26. The molecule has 170 valence electrons. The van der Waals surface area contributed by atoms with Crippen molar-refractivity contribution < 1.29 is 9.53 Å². The number of nitrogens with zero attached hydrogens (tertiary/aromatic N) is 1. The number of unbranched alkanes of at least 4 members (excludes halogenated alkanes) is 2. The molecular weight excluding hydrogens is 422 g/mol. The summed E-state index contributed by atoms with van der Waals surface area (Å²) in [4.78, 5) is 27.7. The monoisotopic (exact) mass is 453 g/mol. The summed E-state index contributed by atoms with van der Waals surface area (Å²) >= 11 is 5.33. The standard InChI is InChI=1S/C25H31N3O3S/c1-19(20-11-4-2-5-12-20)31-18-10-16-26-23(29)15-6-3-9-17-28-24(30)21-13-7-8-14-22(21)27-25(28)32/h2,4-5,7-8,11-14,19H,3,6,9-10,15-18H2,1H3,(H,26,29)(H,27,32). The number of para-hydroxylation sites is 1. The first-order chi connectivity index (χ1) is 15.6. The zero-order valence-electron chi connectivity index (χ0n) is 18.5. The van der Waals surface area contributed by atoms with Crippen LogP contribution in [0.2, 0.25) is 0 Å². The van der Waals surface area contributed by atoms with Crippen molar-refractivity contribution in [2.75, 3.05) is 13.2 Å². The van der Waals surface area contributed by atoms with Gasteiger partial charge in [0.2, 0.25) is 5.91 Å². The van der Waals surface area contributed by atoms with Gasteiger partial charge in [0.25, 0.3) is 5.56 Å². The van der Waals surface area contributed by atoms with Crippen molar-refractivity contribution in [2.24, 2.45) is 0 Å². The molecule has 0 saturated heterocycles. The topological polar surface area (TPSA) is 76.1 Å². The Bertz CT molecular complexity index is 1120. The number of hydrogen-bond acceptors (Lipinski definition) is 4. The lowest BCUT2D eigenvalue weighted by atomic mass is 10.1. The number of amides is 1. The smallest absolute Gasteiger partial charge is 0.262 e. The van der Waals surface area contributed by atoms with Crippen LogP contribution in [0, 0.1) is 4.77 Å². The summed E-state index contributed by atoms with van der Waals surface area (Å²) in [5.74, 6) is 0.0567. The van der Waals surface area contributed by atoms with Crippen LogP contribution in [0.15, 0.2) is 59.4 Å². The van der Waals surface area contributed by atoms with E-state index in [0.717, 1.165) is 36.8 Å². The summed E-state index contributed by atoms with van der Waals surface area (Å²) in [7, 11) is 0. The van der Waals surface area contributed by atoms with E-state index >= 15 is 0 Å². The Balaban J connectivity index is 1.29. The molecule has 0 saturated carbocycles. The van der Waals surface area contributed by atoms with Gasteiger partial charge in [0, 0.05) is 26.1 Å². The molecule has 1 heterocycles. The lowest BCUT2D eigenvalue weighted by Gasteiger charge is -2.13. The Hall–Kier alpha value is -2.77. The molecule has 0 aliphatic heterocycles. The number of benzene rings is 2. The third-order valence-corrected chi connectivity index (χ3v) is 5.78. The predicted molar refractivity (Wildman–Crippen MR) is 130 cm³/mol. The van der Waals surface area contributed by atoms with Gasteiger partial charge in [0.05, 0.1) is 17.0 Å². The molecule has 0 aliphatic rings. The molecule has 2 N–H and O–H groups in total. The van der Waals surface area contributed by atoms with Crippen LogP contribution in [-0.2, 0) is 16.1 Å². The molecule has 1 unspecified atom stereocenters. The highest BCUT2D eigenvalue weighted by Crippen LogP contribution is 2.15. The molecule has 0 fully saturated rings. The van der Waals surface area contributed by atoms with Crippen molar-refractivity contribution in [3.8, 4) is 0 Å². The number of aromatic amines is 1. The minimum Gasteiger partial charge on any atom is -0.374 e. The van der Waals surface area contributed by atoms with Crippen LogP contribution < -0.4 is 10.9 Å². The first-order valence-electron chi connectivity index (χ1n) is 11.2. The number of aromatic nitrogens is 2. The third kappa shape index (κ3) is 6.87. The molecule has 0 radical (unpaired) electrons. The molecule has 3 rings (SSSR count). The number of hydrogen-bond donors (Lipinski definition) is 2. The maximum absolute atomic E-state index is 12.6. The Kier molecular flexibility index (Phi) is 9.19. The second kappa shape index (κ2) is 12.3. The zero-order valence-corrected chi connectivity index (χ0v) is 19.3. The predicted octanol–water partition coefficient (Wildman–Crippen LogP) is 4.90. The van der Waals surface area contributed by atoms with Crippen molar-refractivity contribution in [2.45, 2.75) is 51.7 Å². The Morgan fingerprint density at radius 2 is 1.81 bits per heavy atom. The van der Waals surface area contributed by atoms with Crippen molar-refractivity contribution in [1.82, 2.24) is 14.9 Å². The van der Waals surface area contributed by atoms with Gasteiger partial charge in [0.1, 0.15) is 0 Å². The number of H-pyrrole nitrogens is 1. The van der Waals surface area contributed by atoms with Crippen LogP contribution in [0.5, 0.6) is 0 Å². The number of carbonyl (C=O) groups excluding carboxylic acids is 1. The lowest BCUT2D eigenvalue weighted by molar-refractivity contribution is -0.121. The number of fused-ring (bicyclic) bond motifs is 1. The normalized spacial score (nSPS) is 12.0. The molecule has 1 aromatic heterocycles. The average molecular weight is 454 g/mol. The van der Waals surface area contributed by atoms with Crippen molar-refractivity contribution in [3.63, 3.8) is 0 Å². The van der Waals surface area contributed by atoms with Crippen LogP contribution in [0.3, 0.4) is 0 Å². The highest BCUT2D eigenvalue weighted by molar-refractivity contribution is 7.71. The SMILES string of the molecule is CC(OCCCNC(=O)CCCCCn1c(=S)[nH]c2ccccc2c1=O)c1ccccc1. The van der Waals surface area contributed by atoms with E-state index in [9.17, 15) is 9.59 Å². The Morgan fingerprint density at radius 3 is 2.62 bits per heavy atom. The van der Waals surface area contributed by atoms with E-state index in [1.807, 2.05) is 43.3 Å². The van der Waals surface area contributed by atoms with Gasteiger partial charge in [-0.05, 0) is 56.1 Å². The minimum atomic E-state index is -0.0640. The van der Waals surface area contributed by atoms with Crippen LogP contribution in [0.25, 0.3) is 10.9 Å². The largest absolute Gasteiger partial charge is 0.374 e. The molecule has 3 aromatic rings. The molecule has 1 amide bonds. The van der Waals surface area contributed by atoms with Gasteiger partial charge in [-0.3, -0.25) is 14.2 Å². The number of rotatable bonds is 12. The van der Waals surface area contributed by atoms with E-state index in [1.54, 1.807) is 10.6 Å². The Morgan fingerprint density at radius 1 is 1.06 bits per heavy atom. The second-order valence-electron chi connectivity index (χ2n) is 7.87. The van der Waals surface area contributed by atoms with E-state index in [4.69, 9.17) is 17.0 Å². The fraction of sp³-hybridized carbons (Fsp3) is 0.400. The Labute approximate surface area is 193 Å². The summed E-state index contributed by atoms with van der Waals surface area (Å²) in [6, 6.07) is 17.5. The van der Waals surface area contributed by atoms with Gasteiger partial charge in [-0.25, -0.2) is 0 Å². The first-order valence-corrected chi connectivity index (χ1v) is 11.6. The molecule has 0 spiro atoms. The van der Waals surface area contributed by atoms with E-state index in [0.29, 0.717) is 36.3 Å². The van der Waals surface area contributed by atoms with Gasteiger partial charge in [-0.2, -0.15) is 0 Å². The number of ether oxygens (including phenoxy) is 1. The van der Waals surface area contributed by atoms with Gasteiger partial charge in [-0.1, -0.05) is 48.9 Å². The molecule has 2 aromatic carbocycles. The summed E-state index contributed by atoms with van der Waals surface area (Å²) in [6.45, 7) is 3.81. The quantitative estimate of drug-likeness (QED) is 0.302. The van der Waals surface area contributed by atoms with Crippen LogP contribution in [0.4, 0.5) is 0 Å². The molecule has 7 heteroatoms. The van der Waals surface area contributed by atoms with Gasteiger partial charge in [-0.15, -0.1) is 0 Å². The van der Waals surface area contributed by atoms with Crippen molar-refractivity contribution in [1.29, 1.82) is 0 Å². The molecule has 32 heavy (non-hydrogen) atoms. The maximum Gasteiger partial charge on any atom is 0.262 e. The molecule has 0 aliphatic carbocycles. The summed E-state index contributed by atoms with van der Waals surface area (Å²) in [6.07, 6.45) is 3.77. The molecular formula is C25H31N3O3S. The van der Waals surface area contributed by atoms with E-state index in [-0.39, 0.29) is 17.6 Å². The van der Waals surface area contributed by atoms with E-state index in [2.05, 4.69) is 22.4 Å². The van der Waals surface area contributed by atoms with Gasteiger partial charge >= 0.3 is 0 Å². The van der Waals surface area contributed by atoms with Crippen LogP contribution >= 0.6 is 12.2 Å². The fourth-order valence-electron chi connectivity index (χ4n) is 3.60. The summed E-state index contributed by atoms with van der Waals surface area (Å²) < 4.78 is 7.87. The third-order valence-electron chi connectivity index (χ3n) is 5.46. The van der Waals surface area contributed by atoms with Crippen LogP contribution in [-0.4, -0.2) is 28.6 Å². The van der Waals surface area contributed by atoms with Gasteiger partial charge < -0.3 is 15.0 Å². The maximum atomic E-state index is 12.6. The van der Waals surface area contributed by atoms with E-state index < -0.39 is 0 Å². The molecule has 6 nitrogen and oxygen atoms in total. The lowest BCUT2D eigenvalue weighted by Crippen LogP contribution is -2.25.